The fourth-order valence-corrected chi connectivity index (χ4v) is 6.56. The molecule has 4 aromatic rings. The van der Waals surface area contributed by atoms with Gasteiger partial charge in [0, 0.05) is 37.1 Å². The number of nitrogens with one attached hydrogen (secondary N) is 2. The molecule has 0 spiro atoms. The van der Waals surface area contributed by atoms with Gasteiger partial charge in [-0.15, -0.1) is 0 Å². The van der Waals surface area contributed by atoms with Crippen LogP contribution in [-0.2, 0) is 4.74 Å². The molecule has 38 heavy (non-hydrogen) atoms. The van der Waals surface area contributed by atoms with Crippen LogP contribution in [0.5, 0.6) is 0 Å². The maximum Gasteiger partial charge on any atom is 0.326 e. The lowest BCUT2D eigenvalue weighted by Gasteiger charge is -2.32. The van der Waals surface area contributed by atoms with Gasteiger partial charge in [-0.1, -0.05) is 13.8 Å². The zero-order valence-electron chi connectivity index (χ0n) is 23.1. The van der Waals surface area contributed by atoms with Crippen LogP contribution < -0.4 is 11.0 Å². The van der Waals surface area contributed by atoms with Crippen LogP contribution in [0.4, 0.5) is 0 Å². The highest BCUT2D eigenvalue weighted by atomic mass is 16.5. The van der Waals surface area contributed by atoms with Gasteiger partial charge in [-0.2, -0.15) is 5.10 Å². The van der Waals surface area contributed by atoms with Crippen molar-refractivity contribution in [2.45, 2.75) is 84.2 Å². The van der Waals surface area contributed by atoms with Gasteiger partial charge in [0.05, 0.1) is 11.0 Å². The monoisotopic (exact) mass is 516 g/mol. The molecule has 3 aromatic heterocycles. The Kier molecular flexibility index (Phi) is 6.86. The first-order valence-electron chi connectivity index (χ1n) is 14.3. The number of aryl methyl sites for hydroxylation is 1. The predicted octanol–water partition coefficient (Wildman–Crippen LogP) is 5.28. The minimum absolute atomic E-state index is 0.00472. The van der Waals surface area contributed by atoms with Crippen LogP contribution in [0.2, 0.25) is 0 Å². The van der Waals surface area contributed by atoms with Crippen LogP contribution in [0.3, 0.4) is 0 Å². The van der Waals surface area contributed by atoms with Crippen molar-refractivity contribution in [1.82, 2.24) is 29.5 Å². The third kappa shape index (κ3) is 4.58. The van der Waals surface area contributed by atoms with E-state index in [9.17, 15) is 4.79 Å². The lowest BCUT2D eigenvalue weighted by atomic mass is 9.88. The number of fused-ring (bicyclic) bond motifs is 2. The van der Waals surface area contributed by atoms with Crippen molar-refractivity contribution in [3.8, 4) is 11.1 Å². The fourth-order valence-electron chi connectivity index (χ4n) is 6.56. The Bertz CT molecular complexity index is 1500. The fraction of sp³-hybridized carbons (Fsp3) is 0.567. The third-order valence-corrected chi connectivity index (χ3v) is 9.02. The zero-order chi connectivity index (χ0) is 26.4. The minimum atomic E-state index is 0.00472. The topological polar surface area (TPSA) is 89.2 Å². The van der Waals surface area contributed by atoms with Crippen molar-refractivity contribution in [2.75, 3.05) is 19.8 Å². The molecular formula is C30H40N6O2. The molecule has 0 amide bonds. The molecule has 2 aliphatic rings. The molecule has 4 heterocycles. The highest BCUT2D eigenvalue weighted by Gasteiger charge is 2.27. The summed E-state index contributed by atoms with van der Waals surface area (Å²) in [5.41, 5.74) is 8.68. The Morgan fingerprint density at radius 3 is 2.55 bits per heavy atom. The summed E-state index contributed by atoms with van der Waals surface area (Å²) in [6.45, 7) is 11.6. The van der Waals surface area contributed by atoms with E-state index < -0.39 is 0 Å². The molecule has 6 rings (SSSR count). The van der Waals surface area contributed by atoms with Crippen molar-refractivity contribution in [1.29, 1.82) is 0 Å². The summed E-state index contributed by atoms with van der Waals surface area (Å²) in [5, 5.41) is 8.22. The smallest absolute Gasteiger partial charge is 0.326 e. The molecule has 2 fully saturated rings. The minimum Gasteiger partial charge on any atom is -0.381 e. The van der Waals surface area contributed by atoms with Gasteiger partial charge in [-0.25, -0.2) is 14.3 Å². The Morgan fingerprint density at radius 2 is 1.82 bits per heavy atom. The van der Waals surface area contributed by atoms with Gasteiger partial charge in [0.2, 0.25) is 0 Å². The second-order valence-electron chi connectivity index (χ2n) is 11.7. The maximum absolute atomic E-state index is 13.3. The zero-order valence-corrected chi connectivity index (χ0v) is 23.1. The highest BCUT2D eigenvalue weighted by Crippen LogP contribution is 2.37. The number of pyridine rings is 1. The Labute approximate surface area is 223 Å². The van der Waals surface area contributed by atoms with Gasteiger partial charge < -0.3 is 15.0 Å². The van der Waals surface area contributed by atoms with Crippen molar-refractivity contribution in [3.63, 3.8) is 0 Å². The summed E-state index contributed by atoms with van der Waals surface area (Å²) in [7, 11) is 0. The van der Waals surface area contributed by atoms with Crippen LogP contribution in [-0.4, -0.2) is 49.9 Å². The van der Waals surface area contributed by atoms with E-state index in [0.29, 0.717) is 12.0 Å². The first-order chi connectivity index (χ1) is 18.4. The van der Waals surface area contributed by atoms with E-state index in [1.165, 1.54) is 24.0 Å². The summed E-state index contributed by atoms with van der Waals surface area (Å²) in [4.78, 5) is 20.9. The van der Waals surface area contributed by atoms with Crippen molar-refractivity contribution >= 4 is 16.7 Å². The quantitative estimate of drug-likeness (QED) is 0.364. The summed E-state index contributed by atoms with van der Waals surface area (Å²) in [6.07, 6.45) is 10.3. The van der Waals surface area contributed by atoms with Crippen molar-refractivity contribution in [2.24, 2.45) is 5.92 Å². The molecule has 0 atom stereocenters. The maximum atomic E-state index is 13.3. The van der Waals surface area contributed by atoms with E-state index in [-0.39, 0.29) is 11.7 Å². The molecule has 202 valence electrons. The second-order valence-corrected chi connectivity index (χ2v) is 11.7. The number of rotatable bonds is 6. The number of aromatic amines is 1. The van der Waals surface area contributed by atoms with Gasteiger partial charge in [0.1, 0.15) is 6.33 Å². The summed E-state index contributed by atoms with van der Waals surface area (Å²) in [5.74, 6) is 1.04. The standard InChI is InChI=1S/C30H40N6O2/c1-18(2)24-14-28-27(13-25(24)26-16-35-29(32-17-33-35)20(4)19(26)3)34-30(37)36(28)23-7-5-22(6-8-23)31-15-21-9-11-38-12-10-21/h13-14,16-18,21-23,31H,5-12,15H2,1-4H3,(H,34,37). The van der Waals surface area contributed by atoms with Crippen molar-refractivity contribution < 1.29 is 4.74 Å². The first kappa shape index (κ1) is 25.3. The van der Waals surface area contributed by atoms with Crippen LogP contribution in [0.15, 0.2) is 29.5 Å². The van der Waals surface area contributed by atoms with Gasteiger partial charge in [0.15, 0.2) is 5.65 Å². The lowest BCUT2D eigenvalue weighted by molar-refractivity contribution is 0.0648. The van der Waals surface area contributed by atoms with Gasteiger partial charge in [-0.05, 0) is 105 Å². The Balaban J connectivity index is 1.29. The third-order valence-electron chi connectivity index (χ3n) is 9.02. The van der Waals surface area contributed by atoms with Crippen LogP contribution in [0.1, 0.15) is 81.0 Å². The normalized spacial score (nSPS) is 21.2. The number of nitrogens with zero attached hydrogens (tertiary/aromatic N) is 4. The van der Waals surface area contributed by atoms with E-state index >= 15 is 0 Å². The van der Waals surface area contributed by atoms with Gasteiger partial charge in [-0.3, -0.25) is 4.57 Å². The average Bonchev–Trinajstić information content (AvgIpc) is 3.53. The first-order valence-corrected chi connectivity index (χ1v) is 14.3. The average molecular weight is 517 g/mol. The van der Waals surface area contributed by atoms with Crippen LogP contribution >= 0.6 is 0 Å². The van der Waals surface area contributed by atoms with Crippen molar-refractivity contribution in [3.05, 3.63) is 51.8 Å². The lowest BCUT2D eigenvalue weighted by Crippen LogP contribution is -2.38. The van der Waals surface area contributed by atoms with Crippen LogP contribution in [0, 0.1) is 19.8 Å². The molecule has 0 radical (unpaired) electrons. The highest BCUT2D eigenvalue weighted by molar-refractivity contribution is 5.86. The number of H-pyrrole nitrogens is 1. The molecule has 8 heteroatoms. The SMILES string of the molecule is Cc1c(-c2cc3[nH]c(=O)n(C4CCC(NCC5CCOCC5)CC4)c3cc2C(C)C)cn2ncnc2c1C. The summed E-state index contributed by atoms with van der Waals surface area (Å²) in [6, 6.07) is 5.21. The van der Waals surface area contributed by atoms with E-state index in [0.717, 1.165) is 84.7 Å². The molecule has 0 unspecified atom stereocenters. The number of aromatic nitrogens is 5. The van der Waals surface area contributed by atoms with Gasteiger partial charge >= 0.3 is 5.69 Å². The molecule has 1 aromatic carbocycles. The van der Waals surface area contributed by atoms with E-state index in [4.69, 9.17) is 4.74 Å². The predicted molar refractivity (Wildman–Crippen MR) is 151 cm³/mol. The molecule has 1 aliphatic carbocycles. The molecular weight excluding hydrogens is 476 g/mol. The number of imidazole rings is 1. The second kappa shape index (κ2) is 10.3. The number of hydrogen-bond acceptors (Lipinski definition) is 5. The largest absolute Gasteiger partial charge is 0.381 e. The summed E-state index contributed by atoms with van der Waals surface area (Å²) >= 11 is 0. The molecule has 8 nitrogen and oxygen atoms in total. The van der Waals surface area contributed by atoms with Crippen LogP contribution in [0.25, 0.3) is 27.8 Å². The van der Waals surface area contributed by atoms with E-state index in [2.05, 4.69) is 66.4 Å². The number of benzene rings is 1. The van der Waals surface area contributed by atoms with E-state index in [1.807, 2.05) is 9.08 Å². The van der Waals surface area contributed by atoms with Gasteiger partial charge in [0.25, 0.3) is 0 Å². The molecule has 2 N–H and O–H groups in total. The summed E-state index contributed by atoms with van der Waals surface area (Å²) < 4.78 is 9.40. The number of hydrogen-bond donors (Lipinski definition) is 2. The Morgan fingerprint density at radius 1 is 1.05 bits per heavy atom. The van der Waals surface area contributed by atoms with E-state index in [1.54, 1.807) is 6.33 Å². The molecule has 1 saturated heterocycles. The molecule has 1 saturated carbocycles. The molecule has 0 bridgehead atoms. The molecule has 1 aliphatic heterocycles. The number of ether oxygens (including phenoxy) is 1. The Hall–Kier alpha value is -2.97.